The molecule has 2 aromatic heterocycles. The van der Waals surface area contributed by atoms with Crippen molar-refractivity contribution >= 4 is 88.0 Å². The van der Waals surface area contributed by atoms with Crippen molar-refractivity contribution in [2.24, 2.45) is 9.98 Å². The Morgan fingerprint density at radius 2 is 0.938 bits per heavy atom. The van der Waals surface area contributed by atoms with Gasteiger partial charge in [-0.15, -0.1) is 4.90 Å². The molecule has 0 aliphatic carbocycles. The van der Waals surface area contributed by atoms with Crippen LogP contribution in [-0.2, 0) is 36.9 Å². The van der Waals surface area contributed by atoms with Gasteiger partial charge in [0.25, 0.3) is 0 Å². The molecule has 0 unspecified atom stereocenters. The molecule has 1 N–H and O–H groups in total. The topological polar surface area (TPSA) is 230 Å². The first-order chi connectivity index (χ1) is 37.3. The van der Waals surface area contributed by atoms with Gasteiger partial charge in [0, 0.05) is 57.1 Å². The highest BCUT2D eigenvalue weighted by Gasteiger charge is 2.35. The molecule has 0 radical (unpaired) electrons. The Balaban J connectivity index is 0.000000259. The number of benzene rings is 4. The second-order valence-corrected chi connectivity index (χ2v) is 21.7. The second-order valence-electron chi connectivity index (χ2n) is 20.8. The zero-order valence-corrected chi connectivity index (χ0v) is 47.1. The summed E-state index contributed by atoms with van der Waals surface area (Å²) in [6.45, 7) is 15.8. The largest absolute Gasteiger partial charge is 0.497 e. The summed E-state index contributed by atoms with van der Waals surface area (Å²) in [7, 11) is 3.20. The number of anilines is 4. The summed E-state index contributed by atoms with van der Waals surface area (Å²) in [5, 5.41) is 3.46. The van der Waals surface area contributed by atoms with Crippen LogP contribution in [0, 0.1) is 0 Å². The van der Waals surface area contributed by atoms with E-state index in [1.165, 1.54) is 24.8 Å². The first-order valence-corrected chi connectivity index (χ1v) is 25.5. The number of hydrogen-bond acceptors (Lipinski definition) is 16. The van der Waals surface area contributed by atoms with Crippen LogP contribution in [0.25, 0.3) is 0 Å². The van der Waals surface area contributed by atoms with E-state index in [-0.39, 0.29) is 44.2 Å². The van der Waals surface area contributed by atoms with Crippen LogP contribution in [-0.4, -0.2) is 106 Å². The molecule has 420 valence electrons. The first-order valence-electron chi connectivity index (χ1n) is 24.7. The Kier molecular flexibility index (Phi) is 19.4. The summed E-state index contributed by atoms with van der Waals surface area (Å²) >= 11 is 12.7. The zero-order chi connectivity index (χ0) is 57.4. The maximum absolute atomic E-state index is 13.3. The van der Waals surface area contributed by atoms with Crippen LogP contribution in [0.15, 0.2) is 120 Å². The zero-order valence-electron chi connectivity index (χ0n) is 45.6. The van der Waals surface area contributed by atoms with E-state index in [1.54, 1.807) is 123 Å². The number of aromatic nitrogens is 4. The molecule has 80 heavy (non-hydrogen) atoms. The van der Waals surface area contributed by atoms with Crippen LogP contribution in [0.2, 0.25) is 10.0 Å². The SMILES string of the molecule is C.COc1ccc(CN2C(=O)CN=C(c3cnc(N(C(=O)OC(C)(C)C)C(=O)OC(C)(C)C)nc3)c3cc(Cl)ccc32)cc1.COc1ccc(CN2C(=O)CN=C(c3cnc(NC(=O)OC(C)(C)C)nc3)c3cc(Cl)ccc32)cc1. The Bertz CT molecular complexity index is 3250. The average Bonchev–Trinajstić information content (AvgIpc) is 3.61. The number of amides is 5. The van der Waals surface area contributed by atoms with Crippen LogP contribution < -0.4 is 29.5 Å². The summed E-state index contributed by atoms with van der Waals surface area (Å²) in [6, 6.07) is 25.5. The molecule has 0 spiro atoms. The predicted octanol–water partition coefficient (Wildman–Crippen LogP) is 11.7. The van der Waals surface area contributed by atoms with Crippen LogP contribution >= 0.6 is 23.2 Å². The van der Waals surface area contributed by atoms with E-state index in [0.29, 0.717) is 78.8 Å². The molecule has 4 heterocycles. The highest BCUT2D eigenvalue weighted by atomic mass is 35.5. The van der Waals surface area contributed by atoms with Gasteiger partial charge in [-0.05, 0) is 134 Å². The minimum atomic E-state index is -0.988. The Labute approximate surface area is 475 Å². The number of rotatable bonds is 10. The van der Waals surface area contributed by atoms with Crippen molar-refractivity contribution in [3.05, 3.63) is 153 Å². The van der Waals surface area contributed by atoms with E-state index in [9.17, 15) is 24.0 Å². The number of imide groups is 1. The molecule has 8 rings (SSSR count). The molecule has 0 bridgehead atoms. The number of fused-ring (bicyclic) bond motifs is 2. The second kappa shape index (κ2) is 25.5. The molecule has 0 atom stereocenters. The third-order valence-corrected chi connectivity index (χ3v) is 11.6. The van der Waals surface area contributed by atoms with Gasteiger partial charge in [0.1, 0.15) is 41.4 Å². The number of benzodiazepines with no additional fused rings is 2. The predicted molar refractivity (Wildman–Crippen MR) is 308 cm³/mol. The van der Waals surface area contributed by atoms with Gasteiger partial charge < -0.3 is 33.5 Å². The van der Waals surface area contributed by atoms with Crippen molar-refractivity contribution < 1.29 is 47.7 Å². The number of nitrogens with zero attached hydrogens (tertiary/aromatic N) is 9. The van der Waals surface area contributed by atoms with Gasteiger partial charge in [-0.2, -0.15) is 0 Å². The quantitative estimate of drug-likeness (QED) is 0.126. The highest BCUT2D eigenvalue weighted by molar-refractivity contribution is 6.32. The highest BCUT2D eigenvalue weighted by Crippen LogP contribution is 2.33. The molecule has 20 nitrogen and oxygen atoms in total. The smallest absolute Gasteiger partial charge is 0.427 e. The van der Waals surface area contributed by atoms with Crippen molar-refractivity contribution in [3.63, 3.8) is 0 Å². The molecule has 4 aromatic carbocycles. The van der Waals surface area contributed by atoms with Crippen molar-refractivity contribution in [1.82, 2.24) is 19.9 Å². The molecule has 6 aromatic rings. The summed E-state index contributed by atoms with van der Waals surface area (Å²) in [4.78, 5) is 94.6. The van der Waals surface area contributed by atoms with Crippen LogP contribution in [0.3, 0.4) is 0 Å². The standard InChI is InChI=1S/C31H34ClN5O6.C26H26ClN5O4.CH4/c1-30(2,3)42-28(39)37(29(40)43-31(4,5)6)27-34-15-20(16-35-27)26-23-14-21(32)10-13-24(23)36(25(38)17-33-26)18-19-8-11-22(41-7)12-9-19;1-26(2,3)36-25(34)31-24-29-12-17(13-30-24)23-20-11-18(27)7-10-21(20)32(22(33)14-28-23)15-16-5-8-19(35-4)9-6-16;/h8-16H,17-18H2,1-7H3;5-13H,14-15H2,1-4H3,(H,29,30,31,34);1H4. The van der Waals surface area contributed by atoms with Gasteiger partial charge in [-0.1, -0.05) is 54.9 Å². The molecule has 5 amide bonds. The van der Waals surface area contributed by atoms with Crippen LogP contribution in [0.5, 0.6) is 11.5 Å². The summed E-state index contributed by atoms with van der Waals surface area (Å²) in [5.41, 5.74) is 3.94. The maximum Gasteiger partial charge on any atom is 0.427 e. The molecule has 2 aliphatic heterocycles. The Morgan fingerprint density at radius 3 is 1.30 bits per heavy atom. The molecule has 0 fully saturated rings. The fraction of sp³-hybridized carbons (Fsp3) is 0.328. The van der Waals surface area contributed by atoms with Crippen molar-refractivity contribution in [1.29, 1.82) is 0 Å². The lowest BCUT2D eigenvalue weighted by atomic mass is 10.0. The van der Waals surface area contributed by atoms with E-state index in [2.05, 4.69) is 35.2 Å². The van der Waals surface area contributed by atoms with Crippen molar-refractivity contribution in [3.8, 4) is 11.5 Å². The van der Waals surface area contributed by atoms with Crippen molar-refractivity contribution in [2.75, 3.05) is 47.3 Å². The minimum absolute atomic E-state index is 0. The number of halogens is 2. The van der Waals surface area contributed by atoms with Crippen molar-refractivity contribution in [2.45, 2.75) is 99.6 Å². The van der Waals surface area contributed by atoms with E-state index in [0.717, 1.165) is 16.9 Å². The monoisotopic (exact) mass is 1130 g/mol. The molecule has 0 saturated carbocycles. The lowest BCUT2D eigenvalue weighted by molar-refractivity contribution is -0.118. The van der Waals surface area contributed by atoms with Gasteiger partial charge in [-0.3, -0.25) is 24.9 Å². The van der Waals surface area contributed by atoms with E-state index in [4.69, 9.17) is 46.9 Å². The number of carbonyl (C=O) groups excluding carboxylic acids is 5. The third-order valence-electron chi connectivity index (χ3n) is 11.2. The number of aliphatic imine (C=N–C) groups is 2. The fourth-order valence-electron chi connectivity index (χ4n) is 7.76. The lowest BCUT2D eigenvalue weighted by Gasteiger charge is -2.27. The van der Waals surface area contributed by atoms with Gasteiger partial charge in [0.05, 0.1) is 50.1 Å². The number of nitrogens with one attached hydrogen (secondary N) is 1. The molecular weight excluding hydrogens is 1070 g/mol. The molecule has 0 saturated heterocycles. The fourth-order valence-corrected chi connectivity index (χ4v) is 8.10. The van der Waals surface area contributed by atoms with Gasteiger partial charge in [0.15, 0.2) is 0 Å². The van der Waals surface area contributed by atoms with Crippen LogP contribution in [0.1, 0.15) is 103 Å². The molecular formula is C58H64Cl2N10O10. The summed E-state index contributed by atoms with van der Waals surface area (Å²) < 4.78 is 26.5. The van der Waals surface area contributed by atoms with E-state index >= 15 is 0 Å². The lowest BCUT2D eigenvalue weighted by Crippen LogP contribution is -2.44. The van der Waals surface area contributed by atoms with Gasteiger partial charge in [-0.25, -0.2) is 34.3 Å². The average molecular weight is 1130 g/mol. The van der Waals surface area contributed by atoms with E-state index < -0.39 is 35.1 Å². The van der Waals surface area contributed by atoms with E-state index in [1.807, 2.05) is 48.5 Å². The normalized spacial score (nSPS) is 13.3. The van der Waals surface area contributed by atoms with Gasteiger partial charge in [0.2, 0.25) is 23.7 Å². The number of ether oxygens (including phenoxy) is 5. The molecule has 22 heteroatoms. The summed E-state index contributed by atoms with van der Waals surface area (Å²) in [6.07, 6.45) is 3.27. The number of methoxy groups -OCH3 is 2. The first kappa shape index (κ1) is 60.7. The Hall–Kier alpha value is -8.49. The number of hydrogen-bond donors (Lipinski definition) is 1. The van der Waals surface area contributed by atoms with Gasteiger partial charge >= 0.3 is 18.3 Å². The third kappa shape index (κ3) is 16.1. The summed E-state index contributed by atoms with van der Waals surface area (Å²) in [5.74, 6) is 0.921. The Morgan fingerprint density at radius 1 is 0.562 bits per heavy atom. The van der Waals surface area contributed by atoms with Crippen LogP contribution in [0.4, 0.5) is 37.7 Å². The molecule has 2 aliphatic rings. The maximum atomic E-state index is 13.3. The number of carbonyl (C=O) groups is 5. The minimum Gasteiger partial charge on any atom is -0.497 e.